The van der Waals surface area contributed by atoms with E-state index in [1.54, 1.807) is 24.4 Å². The van der Waals surface area contributed by atoms with E-state index in [0.717, 1.165) is 53.8 Å². The van der Waals surface area contributed by atoms with E-state index >= 15 is 8.78 Å². The van der Waals surface area contributed by atoms with Gasteiger partial charge in [0.15, 0.2) is 0 Å². The number of carbonyl (C=O) groups excluding carboxylic acids is 1. The van der Waals surface area contributed by atoms with Gasteiger partial charge in [-0.1, -0.05) is 36.4 Å². The van der Waals surface area contributed by atoms with Gasteiger partial charge < -0.3 is 19.8 Å². The standard InChI is InChI=1S/C45H46F2N6O7S/c46-45(47)24-41(37-4-2-1-3-36(37)30-5-6-30)52(27-45)33-10-7-29(8-11-33)31-9-13-38(42(22-31)60-34-21-32-15-18-48-43(32)50-26-34)44(54)51-61(57,58)35-12-14-39(40(23-35)53(55)56)49-25-28-16-19-59-20-17-28/h1-4,7,9,12-15,18,21-23,26,28,30,33,41,49H,5-6,8,10-11,16-17,19-20,24-25,27H2,(H,48,50)(H,51,54). The molecular weight excluding hydrogens is 807 g/mol. The molecule has 1 amide bonds. The molecule has 0 spiro atoms. The zero-order chi connectivity index (χ0) is 42.3. The van der Waals surface area contributed by atoms with Crippen molar-refractivity contribution in [2.24, 2.45) is 5.92 Å². The van der Waals surface area contributed by atoms with Gasteiger partial charge in [0.25, 0.3) is 27.5 Å². The van der Waals surface area contributed by atoms with E-state index in [2.05, 4.69) is 32.1 Å². The van der Waals surface area contributed by atoms with E-state index in [-0.39, 0.29) is 48.0 Å². The van der Waals surface area contributed by atoms with Crippen molar-refractivity contribution in [1.82, 2.24) is 19.6 Å². The molecule has 2 aromatic heterocycles. The average Bonchev–Trinajstić information content (AvgIpc) is 3.91. The highest BCUT2D eigenvalue weighted by molar-refractivity contribution is 7.90. The topological polar surface area (TPSA) is 169 Å². The zero-order valence-electron chi connectivity index (χ0n) is 33.3. The van der Waals surface area contributed by atoms with Crippen LogP contribution in [0.5, 0.6) is 11.5 Å². The Morgan fingerprint density at radius 1 is 1.02 bits per heavy atom. The van der Waals surface area contributed by atoms with Crippen molar-refractivity contribution in [3.8, 4) is 11.5 Å². The number of pyridine rings is 1. The number of halogens is 2. The fraction of sp³-hybridized carbons (Fsp3) is 0.378. The number of hydrogen-bond acceptors (Lipinski definition) is 10. The molecule has 9 rings (SSSR count). The van der Waals surface area contributed by atoms with Gasteiger partial charge in [-0.3, -0.25) is 19.8 Å². The second kappa shape index (κ2) is 16.6. The quantitative estimate of drug-likeness (QED) is 0.0768. The molecule has 3 aromatic carbocycles. The maximum absolute atomic E-state index is 15.1. The summed E-state index contributed by atoms with van der Waals surface area (Å²) in [6.07, 6.45) is 10.6. The van der Waals surface area contributed by atoms with Crippen LogP contribution in [0.25, 0.3) is 16.6 Å². The van der Waals surface area contributed by atoms with Gasteiger partial charge in [0.1, 0.15) is 22.8 Å². The molecule has 4 heterocycles. The summed E-state index contributed by atoms with van der Waals surface area (Å²) in [5.74, 6) is -2.75. The molecule has 2 aliphatic carbocycles. The summed E-state index contributed by atoms with van der Waals surface area (Å²) in [6.45, 7) is 1.39. The van der Waals surface area contributed by atoms with Crippen molar-refractivity contribution >= 4 is 43.9 Å². The lowest BCUT2D eigenvalue weighted by Crippen LogP contribution is -2.37. The lowest BCUT2D eigenvalue weighted by Gasteiger charge is -2.35. The molecule has 5 aromatic rings. The first-order chi connectivity index (χ1) is 29.4. The molecule has 3 N–H and O–H groups in total. The minimum Gasteiger partial charge on any atom is -0.455 e. The van der Waals surface area contributed by atoms with E-state index in [1.165, 1.54) is 30.0 Å². The number of ether oxygens (including phenoxy) is 2. The molecule has 61 heavy (non-hydrogen) atoms. The van der Waals surface area contributed by atoms with Crippen molar-refractivity contribution in [3.63, 3.8) is 0 Å². The summed E-state index contributed by atoms with van der Waals surface area (Å²) >= 11 is 0. The van der Waals surface area contributed by atoms with Crippen LogP contribution in [0.4, 0.5) is 20.2 Å². The Kier molecular flexibility index (Phi) is 11.1. The molecule has 3 fully saturated rings. The van der Waals surface area contributed by atoms with Gasteiger partial charge in [0.2, 0.25) is 0 Å². The van der Waals surface area contributed by atoms with Crippen molar-refractivity contribution in [3.05, 3.63) is 124 Å². The van der Waals surface area contributed by atoms with Crippen LogP contribution in [-0.2, 0) is 14.8 Å². The molecule has 2 saturated heterocycles. The number of anilines is 1. The molecule has 0 radical (unpaired) electrons. The van der Waals surface area contributed by atoms with Crippen LogP contribution in [-0.4, -0.2) is 72.4 Å². The molecule has 2 aliphatic heterocycles. The number of benzene rings is 3. The number of amides is 1. The molecule has 2 atom stereocenters. The number of nitro benzene ring substituents is 1. The first kappa shape index (κ1) is 40.7. The van der Waals surface area contributed by atoms with Crippen LogP contribution in [0.1, 0.15) is 90.4 Å². The lowest BCUT2D eigenvalue weighted by molar-refractivity contribution is -0.384. The third kappa shape index (κ3) is 8.88. The van der Waals surface area contributed by atoms with Gasteiger partial charge in [-0.25, -0.2) is 26.9 Å². The Balaban J connectivity index is 0.965. The number of nitrogens with one attached hydrogen (secondary N) is 3. The predicted molar refractivity (Wildman–Crippen MR) is 225 cm³/mol. The number of H-pyrrole nitrogens is 1. The molecular formula is C45H46F2N6O7S. The molecule has 13 nitrogen and oxygen atoms in total. The summed E-state index contributed by atoms with van der Waals surface area (Å²) in [7, 11) is -4.60. The zero-order valence-corrected chi connectivity index (χ0v) is 34.1. The maximum Gasteiger partial charge on any atom is 0.293 e. The van der Waals surface area contributed by atoms with Crippen LogP contribution >= 0.6 is 0 Å². The minimum atomic E-state index is -4.60. The lowest BCUT2D eigenvalue weighted by atomic mass is 9.88. The minimum absolute atomic E-state index is 0.0551. The summed E-state index contributed by atoms with van der Waals surface area (Å²) < 4.78 is 71.3. The second-order valence-corrected chi connectivity index (χ2v) is 18.2. The summed E-state index contributed by atoms with van der Waals surface area (Å²) in [4.78, 5) is 34.2. The van der Waals surface area contributed by atoms with E-state index in [0.29, 0.717) is 56.3 Å². The maximum atomic E-state index is 15.1. The number of aromatic amines is 1. The smallest absolute Gasteiger partial charge is 0.293 e. The summed E-state index contributed by atoms with van der Waals surface area (Å²) in [6, 6.07) is 19.4. The number of nitrogens with zero attached hydrogens (tertiary/aromatic N) is 3. The number of hydrogen-bond donors (Lipinski definition) is 3. The highest BCUT2D eigenvalue weighted by Gasteiger charge is 2.49. The number of carbonyl (C=O) groups is 1. The summed E-state index contributed by atoms with van der Waals surface area (Å²) in [5, 5.41) is 15.9. The van der Waals surface area contributed by atoms with Crippen molar-refractivity contribution < 1.29 is 36.4 Å². The van der Waals surface area contributed by atoms with Gasteiger partial charge in [-0.15, -0.1) is 0 Å². The van der Waals surface area contributed by atoms with Crippen LogP contribution < -0.4 is 14.8 Å². The highest BCUT2D eigenvalue weighted by Crippen LogP contribution is 2.50. The third-order valence-electron chi connectivity index (χ3n) is 12.4. The predicted octanol–water partition coefficient (Wildman–Crippen LogP) is 9.12. The Bertz CT molecular complexity index is 2620. The van der Waals surface area contributed by atoms with Gasteiger partial charge in [0.05, 0.1) is 28.1 Å². The number of sulfonamides is 1. The Hall–Kier alpha value is -5.71. The number of fused-ring (bicyclic) bond motifs is 1. The molecule has 0 bridgehead atoms. The van der Waals surface area contributed by atoms with Crippen LogP contribution in [0.2, 0.25) is 0 Å². The molecule has 16 heteroatoms. The van der Waals surface area contributed by atoms with Crippen molar-refractivity contribution in [2.45, 2.75) is 80.2 Å². The number of allylic oxidation sites excluding steroid dienone is 1. The molecule has 2 unspecified atom stereocenters. The van der Waals surface area contributed by atoms with Gasteiger partial charge in [-0.2, -0.15) is 0 Å². The number of rotatable bonds is 13. The Morgan fingerprint density at radius 3 is 2.57 bits per heavy atom. The third-order valence-corrected chi connectivity index (χ3v) is 13.7. The number of nitro groups is 1. The number of aromatic nitrogens is 2. The van der Waals surface area contributed by atoms with E-state index in [1.807, 2.05) is 29.2 Å². The van der Waals surface area contributed by atoms with E-state index in [9.17, 15) is 23.3 Å². The average molecular weight is 853 g/mol. The molecule has 318 valence electrons. The monoisotopic (exact) mass is 852 g/mol. The molecule has 1 saturated carbocycles. The van der Waals surface area contributed by atoms with Crippen LogP contribution in [0.3, 0.4) is 0 Å². The second-order valence-electron chi connectivity index (χ2n) is 16.5. The first-order valence-electron chi connectivity index (χ1n) is 20.7. The highest BCUT2D eigenvalue weighted by atomic mass is 32.2. The Labute approximate surface area is 351 Å². The fourth-order valence-corrected chi connectivity index (χ4v) is 9.98. The van der Waals surface area contributed by atoms with E-state index in [4.69, 9.17) is 9.47 Å². The fourth-order valence-electron chi connectivity index (χ4n) is 8.99. The Morgan fingerprint density at radius 2 is 1.82 bits per heavy atom. The van der Waals surface area contributed by atoms with Gasteiger partial charge in [0, 0.05) is 55.9 Å². The number of likely N-dealkylation sites (tertiary alicyclic amines) is 1. The van der Waals surface area contributed by atoms with E-state index < -0.39 is 37.4 Å². The van der Waals surface area contributed by atoms with Gasteiger partial charge >= 0.3 is 0 Å². The van der Waals surface area contributed by atoms with Crippen molar-refractivity contribution in [2.75, 3.05) is 31.6 Å². The van der Waals surface area contributed by atoms with Crippen LogP contribution in [0, 0.1) is 16.0 Å². The normalized spacial score (nSPS) is 20.9. The SMILES string of the molecule is O=C(NS(=O)(=O)c1ccc(NCC2CCOCC2)c([N+](=O)[O-])c1)c1ccc(C2=CCC(N3CC(F)(F)CC3c3ccccc3C3CC3)CC2)cc1Oc1cnc2[nH]ccc2c1. The van der Waals surface area contributed by atoms with Crippen LogP contribution in [0.15, 0.2) is 96.2 Å². The molecule has 4 aliphatic rings. The summed E-state index contributed by atoms with van der Waals surface area (Å²) in [5.41, 5.74) is 4.12. The van der Waals surface area contributed by atoms with Crippen molar-refractivity contribution in [1.29, 1.82) is 0 Å². The first-order valence-corrected chi connectivity index (χ1v) is 22.2. The van der Waals surface area contributed by atoms with Gasteiger partial charge in [-0.05, 0) is 115 Å². The number of alkyl halides is 2. The largest absolute Gasteiger partial charge is 0.455 e.